The number of hydrogen-bond donors (Lipinski definition) is 0. The number of nitrogens with zero attached hydrogens (tertiary/aromatic N) is 4. The quantitative estimate of drug-likeness (QED) is 0.678. The molecule has 2 aromatic rings. The largest absolute Gasteiger partial charge is 0.296 e. The van der Waals surface area contributed by atoms with Crippen LogP contribution < -0.4 is 0 Å². The fourth-order valence-corrected chi connectivity index (χ4v) is 1.05. The van der Waals surface area contributed by atoms with Crippen molar-refractivity contribution in [2.24, 2.45) is 0 Å². The number of aromatic nitrogens is 4. The van der Waals surface area contributed by atoms with Crippen molar-refractivity contribution < 1.29 is 4.79 Å². The van der Waals surface area contributed by atoms with Crippen molar-refractivity contribution in [1.29, 1.82) is 0 Å². The van der Waals surface area contributed by atoms with Gasteiger partial charge in [-0.3, -0.25) is 4.79 Å². The van der Waals surface area contributed by atoms with E-state index in [1.165, 1.54) is 12.3 Å². The molecule has 0 fully saturated rings. The molecule has 2 heterocycles. The van der Waals surface area contributed by atoms with Crippen LogP contribution in [-0.2, 0) is 0 Å². The van der Waals surface area contributed by atoms with E-state index in [0.29, 0.717) is 23.6 Å². The summed E-state index contributed by atoms with van der Waals surface area (Å²) in [6.07, 6.45) is 5.53. The monoisotopic (exact) mass is 200 g/mol. The zero-order valence-corrected chi connectivity index (χ0v) is 8.08. The summed E-state index contributed by atoms with van der Waals surface area (Å²) in [6.45, 7) is 1.90. The zero-order chi connectivity index (χ0) is 10.7. The lowest BCUT2D eigenvalue weighted by Crippen LogP contribution is -1.97. The zero-order valence-electron chi connectivity index (χ0n) is 8.08. The molecule has 0 saturated carbocycles. The molecule has 2 rings (SSSR count). The Bertz CT molecular complexity index is 481. The van der Waals surface area contributed by atoms with Gasteiger partial charge in [-0.2, -0.15) is 0 Å². The average molecular weight is 200 g/mol. The Hall–Kier alpha value is -2.17. The minimum Gasteiger partial charge on any atom is -0.296 e. The second-order valence-corrected chi connectivity index (χ2v) is 3.01. The number of carbonyl (C=O) groups excluding carboxylic acids is 1. The van der Waals surface area contributed by atoms with Crippen molar-refractivity contribution in [3.8, 4) is 11.6 Å². The van der Waals surface area contributed by atoms with E-state index in [9.17, 15) is 4.79 Å². The van der Waals surface area contributed by atoms with Crippen LogP contribution in [0, 0.1) is 6.92 Å². The number of rotatable bonds is 2. The lowest BCUT2D eigenvalue weighted by molar-refractivity contribution is 0.111. The SMILES string of the molecule is Cc1cnc(-c2nccc(C=O)n2)nc1. The summed E-state index contributed by atoms with van der Waals surface area (Å²) in [4.78, 5) is 26.6. The van der Waals surface area contributed by atoms with Gasteiger partial charge in [0.25, 0.3) is 0 Å². The molecule has 0 aliphatic carbocycles. The Labute approximate surface area is 86.3 Å². The van der Waals surface area contributed by atoms with E-state index in [1.54, 1.807) is 12.4 Å². The van der Waals surface area contributed by atoms with Crippen molar-refractivity contribution in [1.82, 2.24) is 19.9 Å². The third-order valence-electron chi connectivity index (χ3n) is 1.78. The van der Waals surface area contributed by atoms with Gasteiger partial charge in [-0.15, -0.1) is 0 Å². The number of hydrogen-bond acceptors (Lipinski definition) is 5. The predicted octanol–water partition coefficient (Wildman–Crippen LogP) is 1.05. The molecule has 74 valence electrons. The maximum atomic E-state index is 10.5. The summed E-state index contributed by atoms with van der Waals surface area (Å²) in [5.74, 6) is 0.781. The van der Waals surface area contributed by atoms with E-state index in [4.69, 9.17) is 0 Å². The Kier molecular flexibility index (Phi) is 2.45. The molecule has 0 unspecified atom stereocenters. The molecule has 0 spiro atoms. The van der Waals surface area contributed by atoms with E-state index in [1.807, 2.05) is 6.92 Å². The minimum atomic E-state index is 0.323. The topological polar surface area (TPSA) is 68.6 Å². The van der Waals surface area contributed by atoms with Gasteiger partial charge in [0.05, 0.1) is 0 Å². The van der Waals surface area contributed by atoms with Gasteiger partial charge in [0.15, 0.2) is 17.9 Å². The molecule has 5 nitrogen and oxygen atoms in total. The summed E-state index contributed by atoms with van der Waals surface area (Å²) >= 11 is 0. The van der Waals surface area contributed by atoms with Crippen LogP contribution in [-0.4, -0.2) is 26.2 Å². The molecule has 0 saturated heterocycles. The van der Waals surface area contributed by atoms with Gasteiger partial charge in [0, 0.05) is 18.6 Å². The lowest BCUT2D eigenvalue weighted by Gasteiger charge is -1.98. The van der Waals surface area contributed by atoms with Crippen LogP contribution in [0.25, 0.3) is 11.6 Å². The van der Waals surface area contributed by atoms with Crippen LogP contribution in [0.15, 0.2) is 24.7 Å². The van der Waals surface area contributed by atoms with Gasteiger partial charge < -0.3 is 0 Å². The van der Waals surface area contributed by atoms with E-state index in [-0.39, 0.29) is 0 Å². The lowest BCUT2D eigenvalue weighted by atomic mass is 10.4. The van der Waals surface area contributed by atoms with E-state index >= 15 is 0 Å². The Morgan fingerprint density at radius 2 is 1.87 bits per heavy atom. The van der Waals surface area contributed by atoms with Gasteiger partial charge in [0.2, 0.25) is 0 Å². The summed E-state index contributed by atoms with van der Waals surface area (Å²) in [5.41, 5.74) is 1.29. The molecule has 5 heteroatoms. The molecule has 0 aromatic carbocycles. The van der Waals surface area contributed by atoms with Crippen molar-refractivity contribution in [3.63, 3.8) is 0 Å². The molecule has 0 atom stereocenters. The minimum absolute atomic E-state index is 0.323. The van der Waals surface area contributed by atoms with Gasteiger partial charge in [-0.05, 0) is 18.6 Å². The molecule has 0 bridgehead atoms. The highest BCUT2D eigenvalue weighted by Crippen LogP contribution is 2.07. The fraction of sp³-hybridized carbons (Fsp3) is 0.100. The Morgan fingerprint density at radius 1 is 1.13 bits per heavy atom. The first-order chi connectivity index (χ1) is 7.29. The summed E-state index contributed by atoms with van der Waals surface area (Å²) in [6, 6.07) is 1.53. The second-order valence-electron chi connectivity index (χ2n) is 3.01. The highest BCUT2D eigenvalue weighted by molar-refractivity contribution is 5.72. The molecular weight excluding hydrogens is 192 g/mol. The molecule has 0 aliphatic heterocycles. The summed E-state index contributed by atoms with van der Waals surface area (Å²) in [7, 11) is 0. The first kappa shape index (κ1) is 9.39. The van der Waals surface area contributed by atoms with Gasteiger partial charge >= 0.3 is 0 Å². The number of aryl methyl sites for hydroxylation is 1. The molecule has 0 amide bonds. The van der Waals surface area contributed by atoms with Gasteiger partial charge in [-0.25, -0.2) is 19.9 Å². The predicted molar refractivity (Wildman–Crippen MR) is 53.2 cm³/mol. The fourth-order valence-electron chi connectivity index (χ4n) is 1.05. The smallest absolute Gasteiger partial charge is 0.198 e. The molecule has 0 radical (unpaired) electrons. The Morgan fingerprint density at radius 3 is 2.53 bits per heavy atom. The van der Waals surface area contributed by atoms with Crippen LogP contribution >= 0.6 is 0 Å². The van der Waals surface area contributed by atoms with Crippen LogP contribution in [0.4, 0.5) is 0 Å². The maximum absolute atomic E-state index is 10.5. The molecule has 0 N–H and O–H groups in total. The maximum Gasteiger partial charge on any atom is 0.198 e. The third-order valence-corrected chi connectivity index (χ3v) is 1.78. The second kappa shape index (κ2) is 3.91. The van der Waals surface area contributed by atoms with Crippen molar-refractivity contribution in [2.45, 2.75) is 6.92 Å². The molecular formula is C10H8N4O. The van der Waals surface area contributed by atoms with Crippen LogP contribution in [0.5, 0.6) is 0 Å². The van der Waals surface area contributed by atoms with Crippen molar-refractivity contribution >= 4 is 6.29 Å². The van der Waals surface area contributed by atoms with Crippen molar-refractivity contribution in [3.05, 3.63) is 35.9 Å². The first-order valence-corrected chi connectivity index (χ1v) is 4.37. The van der Waals surface area contributed by atoms with Crippen molar-refractivity contribution in [2.75, 3.05) is 0 Å². The van der Waals surface area contributed by atoms with Crippen LogP contribution in [0.1, 0.15) is 16.1 Å². The van der Waals surface area contributed by atoms with E-state index in [2.05, 4.69) is 19.9 Å². The highest BCUT2D eigenvalue weighted by Gasteiger charge is 2.04. The molecule has 2 aromatic heterocycles. The van der Waals surface area contributed by atoms with E-state index < -0.39 is 0 Å². The van der Waals surface area contributed by atoms with Crippen LogP contribution in [0.3, 0.4) is 0 Å². The summed E-state index contributed by atoms with van der Waals surface area (Å²) in [5, 5.41) is 0. The molecule has 15 heavy (non-hydrogen) atoms. The van der Waals surface area contributed by atoms with Crippen LogP contribution in [0.2, 0.25) is 0 Å². The third kappa shape index (κ3) is 2.01. The Balaban J connectivity index is 2.44. The summed E-state index contributed by atoms with van der Waals surface area (Å²) < 4.78 is 0. The average Bonchev–Trinajstić information content (AvgIpc) is 2.30. The number of aldehydes is 1. The molecule has 0 aliphatic rings. The highest BCUT2D eigenvalue weighted by atomic mass is 16.1. The van der Waals surface area contributed by atoms with Gasteiger partial charge in [-0.1, -0.05) is 0 Å². The normalized spacial score (nSPS) is 9.93. The standard InChI is InChI=1S/C10H8N4O/c1-7-4-12-9(13-5-7)10-11-3-2-8(6-15)14-10/h2-6H,1H3. The van der Waals surface area contributed by atoms with Gasteiger partial charge in [0.1, 0.15) is 5.69 Å². The first-order valence-electron chi connectivity index (χ1n) is 4.37. The van der Waals surface area contributed by atoms with E-state index in [0.717, 1.165) is 5.56 Å². The number of carbonyl (C=O) groups is 1.